The molecular formula is C19H29NO. The molecule has 0 bridgehead atoms. The van der Waals surface area contributed by atoms with Gasteiger partial charge in [-0.1, -0.05) is 61.7 Å². The van der Waals surface area contributed by atoms with Crippen LogP contribution in [0.2, 0.25) is 0 Å². The number of nitrogens with zero attached hydrogens (tertiary/aromatic N) is 1. The first-order valence-electron chi connectivity index (χ1n) is 8.11. The lowest BCUT2D eigenvalue weighted by molar-refractivity contribution is -0.127. The second-order valence-corrected chi connectivity index (χ2v) is 5.66. The van der Waals surface area contributed by atoms with Crippen LogP contribution in [0.15, 0.2) is 42.5 Å². The molecule has 0 radical (unpaired) electrons. The molecule has 0 atom stereocenters. The van der Waals surface area contributed by atoms with Gasteiger partial charge >= 0.3 is 0 Å². The number of carbonyl (C=O) groups excluding carboxylic acids is 1. The van der Waals surface area contributed by atoms with Gasteiger partial charge in [-0.3, -0.25) is 4.79 Å². The van der Waals surface area contributed by atoms with Gasteiger partial charge in [0.05, 0.1) is 0 Å². The lowest BCUT2D eigenvalue weighted by Crippen LogP contribution is -2.23. The molecule has 0 heterocycles. The van der Waals surface area contributed by atoms with Crippen LogP contribution in [0.1, 0.15) is 51.0 Å². The van der Waals surface area contributed by atoms with Gasteiger partial charge in [-0.15, -0.1) is 0 Å². The van der Waals surface area contributed by atoms with E-state index in [1.54, 1.807) is 11.8 Å². The molecule has 2 heteroatoms. The van der Waals surface area contributed by atoms with Crippen LogP contribution in [0.25, 0.3) is 0 Å². The molecule has 0 spiro atoms. The number of hydrogen-bond donors (Lipinski definition) is 0. The third-order valence-electron chi connectivity index (χ3n) is 3.76. The highest BCUT2D eigenvalue weighted by atomic mass is 16.2. The molecule has 116 valence electrons. The summed E-state index contributed by atoms with van der Waals surface area (Å²) < 4.78 is 0. The van der Waals surface area contributed by atoms with Crippen molar-refractivity contribution in [3.05, 3.63) is 48.0 Å². The van der Waals surface area contributed by atoms with Crippen LogP contribution in [0.5, 0.6) is 0 Å². The van der Waals surface area contributed by atoms with Crippen LogP contribution in [-0.4, -0.2) is 24.4 Å². The van der Waals surface area contributed by atoms with E-state index in [2.05, 4.69) is 42.5 Å². The maximum atomic E-state index is 11.0. The minimum absolute atomic E-state index is 0.123. The highest BCUT2D eigenvalue weighted by Gasteiger charge is 1.97. The molecule has 0 fully saturated rings. The van der Waals surface area contributed by atoms with Crippen molar-refractivity contribution in [2.45, 2.75) is 51.9 Å². The Morgan fingerprint density at radius 3 is 2.38 bits per heavy atom. The van der Waals surface area contributed by atoms with Crippen LogP contribution < -0.4 is 0 Å². The maximum absolute atomic E-state index is 11.0. The van der Waals surface area contributed by atoms with E-state index in [0.717, 1.165) is 13.0 Å². The highest BCUT2D eigenvalue weighted by molar-refractivity contribution is 5.72. The van der Waals surface area contributed by atoms with Gasteiger partial charge in [0.1, 0.15) is 0 Å². The second kappa shape index (κ2) is 11.1. The van der Waals surface area contributed by atoms with Crippen molar-refractivity contribution >= 4 is 5.91 Å². The first kappa shape index (κ1) is 17.5. The SMILES string of the molecule is CC(=O)N(C)C/C=C/CCCCCCCc1ccccc1. The fourth-order valence-corrected chi connectivity index (χ4v) is 2.25. The van der Waals surface area contributed by atoms with Crippen molar-refractivity contribution in [3.63, 3.8) is 0 Å². The first-order valence-corrected chi connectivity index (χ1v) is 8.11. The Morgan fingerprint density at radius 2 is 1.67 bits per heavy atom. The summed E-state index contributed by atoms with van der Waals surface area (Å²) in [5, 5.41) is 0. The monoisotopic (exact) mass is 287 g/mol. The molecule has 1 amide bonds. The van der Waals surface area contributed by atoms with Gasteiger partial charge in [-0.05, 0) is 31.2 Å². The third kappa shape index (κ3) is 9.06. The Hall–Kier alpha value is -1.57. The lowest BCUT2D eigenvalue weighted by atomic mass is 10.0. The molecule has 1 aromatic rings. The molecule has 0 aromatic heterocycles. The Kier molecular flexibility index (Phi) is 9.26. The molecule has 2 nitrogen and oxygen atoms in total. The largest absolute Gasteiger partial charge is 0.342 e. The standard InChI is InChI=1S/C19H29NO/c1-18(21)20(2)17-13-8-6-4-3-5-7-10-14-19-15-11-9-12-16-19/h8-9,11-13,15-16H,3-7,10,14,17H2,1-2H3/b13-8+. The summed E-state index contributed by atoms with van der Waals surface area (Å²) in [5.41, 5.74) is 1.45. The second-order valence-electron chi connectivity index (χ2n) is 5.66. The molecule has 0 aliphatic heterocycles. The molecule has 1 aromatic carbocycles. The summed E-state index contributed by atoms with van der Waals surface area (Å²) in [5.74, 6) is 0.123. The van der Waals surface area contributed by atoms with Gasteiger partial charge in [-0.2, -0.15) is 0 Å². The lowest BCUT2D eigenvalue weighted by Gasteiger charge is -2.10. The predicted octanol–water partition coefficient (Wildman–Crippen LogP) is 4.60. The van der Waals surface area contributed by atoms with Crippen LogP contribution in [-0.2, 0) is 11.2 Å². The number of likely N-dealkylation sites (N-methyl/N-ethyl adjacent to an activating group) is 1. The van der Waals surface area contributed by atoms with Gasteiger partial charge in [0, 0.05) is 20.5 Å². The van der Waals surface area contributed by atoms with E-state index in [4.69, 9.17) is 0 Å². The summed E-state index contributed by atoms with van der Waals surface area (Å²) in [7, 11) is 1.83. The van der Waals surface area contributed by atoms with Gasteiger partial charge in [0.25, 0.3) is 0 Å². The van der Waals surface area contributed by atoms with E-state index < -0.39 is 0 Å². The average Bonchev–Trinajstić information content (AvgIpc) is 2.49. The van der Waals surface area contributed by atoms with Gasteiger partial charge < -0.3 is 4.90 Å². The highest BCUT2D eigenvalue weighted by Crippen LogP contribution is 2.09. The van der Waals surface area contributed by atoms with E-state index in [9.17, 15) is 4.79 Å². The van der Waals surface area contributed by atoms with Crippen LogP contribution >= 0.6 is 0 Å². The fraction of sp³-hybridized carbons (Fsp3) is 0.526. The van der Waals surface area contributed by atoms with Gasteiger partial charge in [-0.25, -0.2) is 0 Å². The minimum Gasteiger partial charge on any atom is -0.342 e. The molecule has 0 aliphatic rings. The first-order chi connectivity index (χ1) is 10.2. The third-order valence-corrected chi connectivity index (χ3v) is 3.76. The molecule has 21 heavy (non-hydrogen) atoms. The molecule has 0 N–H and O–H groups in total. The van der Waals surface area contributed by atoms with E-state index in [-0.39, 0.29) is 5.91 Å². The molecule has 0 unspecified atom stereocenters. The summed E-state index contributed by atoms with van der Waals surface area (Å²) in [6.45, 7) is 2.33. The fourth-order valence-electron chi connectivity index (χ4n) is 2.25. The Morgan fingerprint density at radius 1 is 1.00 bits per heavy atom. The minimum atomic E-state index is 0.123. The average molecular weight is 287 g/mol. The zero-order valence-electron chi connectivity index (χ0n) is 13.6. The molecule has 1 rings (SSSR count). The van der Waals surface area contributed by atoms with E-state index in [0.29, 0.717) is 0 Å². The van der Waals surface area contributed by atoms with E-state index in [1.165, 1.54) is 44.1 Å². The van der Waals surface area contributed by atoms with Crippen molar-refractivity contribution in [2.24, 2.45) is 0 Å². The summed E-state index contributed by atoms with van der Waals surface area (Å²) in [4.78, 5) is 12.7. The number of allylic oxidation sites excluding steroid dienone is 1. The van der Waals surface area contributed by atoms with Crippen LogP contribution in [0, 0.1) is 0 Å². The predicted molar refractivity (Wildman–Crippen MR) is 90.3 cm³/mol. The van der Waals surface area contributed by atoms with Gasteiger partial charge in [0.15, 0.2) is 0 Å². The van der Waals surface area contributed by atoms with Crippen molar-refractivity contribution in [1.82, 2.24) is 4.90 Å². The number of carbonyl (C=O) groups is 1. The Labute approximate surface area is 129 Å². The van der Waals surface area contributed by atoms with Crippen molar-refractivity contribution in [1.29, 1.82) is 0 Å². The zero-order valence-corrected chi connectivity index (χ0v) is 13.6. The number of amides is 1. The number of hydrogen-bond acceptors (Lipinski definition) is 1. The number of unbranched alkanes of at least 4 members (excludes halogenated alkanes) is 5. The molecule has 0 aliphatic carbocycles. The van der Waals surface area contributed by atoms with Crippen molar-refractivity contribution < 1.29 is 4.79 Å². The molecule has 0 saturated carbocycles. The smallest absolute Gasteiger partial charge is 0.219 e. The Bertz CT molecular complexity index is 411. The number of benzene rings is 1. The Balaban J connectivity index is 1.91. The topological polar surface area (TPSA) is 20.3 Å². The molecular weight excluding hydrogens is 258 g/mol. The summed E-state index contributed by atoms with van der Waals surface area (Å²) >= 11 is 0. The van der Waals surface area contributed by atoms with E-state index in [1.807, 2.05) is 7.05 Å². The zero-order chi connectivity index (χ0) is 15.3. The normalized spacial score (nSPS) is 11.0. The van der Waals surface area contributed by atoms with Crippen molar-refractivity contribution in [3.8, 4) is 0 Å². The quantitative estimate of drug-likeness (QED) is 0.455. The summed E-state index contributed by atoms with van der Waals surface area (Å²) in [6.07, 6.45) is 13.1. The van der Waals surface area contributed by atoms with Gasteiger partial charge in [0.2, 0.25) is 5.91 Å². The maximum Gasteiger partial charge on any atom is 0.219 e. The van der Waals surface area contributed by atoms with Crippen molar-refractivity contribution in [2.75, 3.05) is 13.6 Å². The molecule has 0 saturated heterocycles. The van der Waals surface area contributed by atoms with E-state index >= 15 is 0 Å². The number of rotatable bonds is 10. The summed E-state index contributed by atoms with van der Waals surface area (Å²) in [6, 6.07) is 10.7. The number of aryl methyl sites for hydroxylation is 1. The van der Waals surface area contributed by atoms with Crippen LogP contribution in [0.3, 0.4) is 0 Å². The van der Waals surface area contributed by atoms with Crippen LogP contribution in [0.4, 0.5) is 0 Å².